The minimum Gasteiger partial charge on any atom is -0.478 e. The minimum atomic E-state index is -0.345. The monoisotopic (exact) mass is 480 g/mol. The van der Waals surface area contributed by atoms with Gasteiger partial charge in [-0.2, -0.15) is 0 Å². The topological polar surface area (TPSA) is 88.0 Å². The average Bonchev–Trinajstić information content (AvgIpc) is 2.79. The van der Waals surface area contributed by atoms with Crippen molar-refractivity contribution in [1.82, 2.24) is 15.3 Å². The Kier molecular flexibility index (Phi) is 8.52. The third-order valence-corrected chi connectivity index (χ3v) is 6.84. The van der Waals surface area contributed by atoms with Crippen LogP contribution in [0.3, 0.4) is 0 Å². The summed E-state index contributed by atoms with van der Waals surface area (Å²) in [6, 6.07) is 7.55. The van der Waals surface area contributed by atoms with Gasteiger partial charge in [0.15, 0.2) is 0 Å². The number of nitrogens with zero attached hydrogens (tertiary/aromatic N) is 2. The molecule has 1 aliphatic rings. The minimum absolute atomic E-state index is 0.211. The highest BCUT2D eigenvalue weighted by atomic mass is 32.2. The lowest BCUT2D eigenvalue weighted by molar-refractivity contribution is -0.117. The molecule has 2 N–H and O–H groups in total. The molecule has 33 heavy (non-hydrogen) atoms. The number of ether oxygens (including phenoxy) is 1. The Morgan fingerprint density at radius 1 is 1.33 bits per heavy atom. The average molecular weight is 481 g/mol. The Morgan fingerprint density at radius 3 is 2.82 bits per heavy atom. The third kappa shape index (κ3) is 6.36. The second-order valence-electron chi connectivity index (χ2n) is 7.70. The zero-order valence-electron chi connectivity index (χ0n) is 19.0. The maximum atomic E-state index is 13.3. The number of aryl methyl sites for hydroxylation is 2. The molecule has 172 valence electrons. The molecular weight excluding hydrogens is 452 g/mol. The summed E-state index contributed by atoms with van der Waals surface area (Å²) < 4.78 is 6.08. The highest BCUT2D eigenvalue weighted by molar-refractivity contribution is 8.04. The van der Waals surface area contributed by atoms with Crippen molar-refractivity contribution in [2.45, 2.75) is 45.6 Å². The van der Waals surface area contributed by atoms with Gasteiger partial charge in [0.25, 0.3) is 5.91 Å². The van der Waals surface area contributed by atoms with E-state index in [-0.39, 0.29) is 11.3 Å². The normalized spacial score (nSPS) is 16.3. The lowest BCUT2D eigenvalue weighted by atomic mass is 9.90. The van der Waals surface area contributed by atoms with Crippen LogP contribution in [0.5, 0.6) is 5.75 Å². The van der Waals surface area contributed by atoms with E-state index in [1.54, 1.807) is 12.4 Å². The van der Waals surface area contributed by atoms with E-state index in [1.807, 2.05) is 45.0 Å². The standard InChI is InChI=1S/C25H28N4O2S2/c1-15-9-11-28-20(12-15)14-29-25(30)24(21-8-7-19(13-26)23(32)16(21)2)33-18(4)31-22-6-5-10-27-17(22)3/h5-6,9-13,18,26,32H,2,7-8,14H2,1,3-4H3,(H,29,30)/b24-21-,26-13?. The van der Waals surface area contributed by atoms with Crippen LogP contribution in [0.15, 0.2) is 69.8 Å². The summed E-state index contributed by atoms with van der Waals surface area (Å²) in [4.78, 5) is 23.1. The predicted octanol–water partition coefficient (Wildman–Crippen LogP) is 5.31. The Balaban J connectivity index is 1.86. The molecule has 0 saturated heterocycles. The molecule has 1 aliphatic carbocycles. The number of carbonyl (C=O) groups excluding carboxylic acids is 1. The molecule has 0 bridgehead atoms. The van der Waals surface area contributed by atoms with Crippen LogP contribution in [-0.2, 0) is 11.3 Å². The Labute approximate surface area is 204 Å². The molecule has 0 spiro atoms. The number of thioether (sulfide) groups is 1. The predicted molar refractivity (Wildman–Crippen MR) is 138 cm³/mol. The van der Waals surface area contributed by atoms with Crippen molar-refractivity contribution in [1.29, 1.82) is 5.41 Å². The molecule has 1 unspecified atom stereocenters. The van der Waals surface area contributed by atoms with Crippen LogP contribution >= 0.6 is 24.4 Å². The van der Waals surface area contributed by atoms with Crippen LogP contribution in [0, 0.1) is 19.3 Å². The molecule has 0 aromatic carbocycles. The summed E-state index contributed by atoms with van der Waals surface area (Å²) in [6.45, 7) is 10.3. The van der Waals surface area contributed by atoms with Crippen molar-refractivity contribution < 1.29 is 9.53 Å². The number of pyridine rings is 2. The van der Waals surface area contributed by atoms with Crippen LogP contribution < -0.4 is 10.1 Å². The van der Waals surface area contributed by atoms with Crippen LogP contribution in [0.2, 0.25) is 0 Å². The number of allylic oxidation sites excluding steroid dienone is 3. The number of nitrogens with one attached hydrogen (secondary N) is 2. The van der Waals surface area contributed by atoms with Gasteiger partial charge < -0.3 is 15.5 Å². The number of rotatable bonds is 8. The fourth-order valence-electron chi connectivity index (χ4n) is 3.43. The number of carbonyl (C=O) groups is 1. The summed E-state index contributed by atoms with van der Waals surface area (Å²) in [5.74, 6) is 0.465. The lowest BCUT2D eigenvalue weighted by Gasteiger charge is -2.24. The van der Waals surface area contributed by atoms with Gasteiger partial charge in [-0.25, -0.2) is 0 Å². The summed E-state index contributed by atoms with van der Waals surface area (Å²) >= 11 is 5.90. The molecule has 0 saturated carbocycles. The van der Waals surface area contributed by atoms with E-state index in [1.165, 1.54) is 18.0 Å². The van der Waals surface area contributed by atoms with Crippen molar-refractivity contribution in [3.8, 4) is 5.75 Å². The molecule has 0 radical (unpaired) electrons. The molecule has 2 aromatic rings. The highest BCUT2D eigenvalue weighted by Crippen LogP contribution is 2.40. The molecule has 0 aliphatic heterocycles. The van der Waals surface area contributed by atoms with E-state index < -0.39 is 0 Å². The molecular formula is C25H28N4O2S2. The number of thiol groups is 1. The first-order valence-corrected chi connectivity index (χ1v) is 11.9. The molecule has 2 heterocycles. The van der Waals surface area contributed by atoms with Gasteiger partial charge in [0.1, 0.15) is 11.2 Å². The molecule has 6 nitrogen and oxygen atoms in total. The van der Waals surface area contributed by atoms with Crippen LogP contribution in [0.4, 0.5) is 0 Å². The van der Waals surface area contributed by atoms with Gasteiger partial charge in [-0.15, -0.1) is 12.6 Å². The quantitative estimate of drug-likeness (QED) is 0.206. The number of hydrogen-bond donors (Lipinski definition) is 3. The maximum Gasteiger partial charge on any atom is 0.258 e. The first-order valence-electron chi connectivity index (χ1n) is 10.6. The van der Waals surface area contributed by atoms with Gasteiger partial charge in [-0.1, -0.05) is 18.3 Å². The van der Waals surface area contributed by atoms with Gasteiger partial charge in [-0.05, 0) is 80.2 Å². The zero-order chi connectivity index (χ0) is 24.0. The third-order valence-electron chi connectivity index (χ3n) is 5.19. The first-order chi connectivity index (χ1) is 15.8. The fourth-order valence-corrected chi connectivity index (χ4v) is 4.77. The van der Waals surface area contributed by atoms with Crippen molar-refractivity contribution in [2.75, 3.05) is 0 Å². The molecule has 8 heteroatoms. The van der Waals surface area contributed by atoms with Crippen LogP contribution in [0.25, 0.3) is 0 Å². The van der Waals surface area contributed by atoms with E-state index in [9.17, 15) is 4.79 Å². The summed E-state index contributed by atoms with van der Waals surface area (Å²) in [5, 5.41) is 10.6. The molecule has 1 atom stereocenters. The van der Waals surface area contributed by atoms with Gasteiger partial charge in [0.05, 0.1) is 22.8 Å². The van der Waals surface area contributed by atoms with Gasteiger partial charge in [0, 0.05) is 23.5 Å². The van der Waals surface area contributed by atoms with E-state index >= 15 is 0 Å². The largest absolute Gasteiger partial charge is 0.478 e. The van der Waals surface area contributed by atoms with Crippen molar-refractivity contribution in [3.63, 3.8) is 0 Å². The Morgan fingerprint density at radius 2 is 2.12 bits per heavy atom. The van der Waals surface area contributed by atoms with E-state index in [4.69, 9.17) is 10.1 Å². The fraction of sp³-hybridized carbons (Fsp3) is 0.280. The molecule has 3 rings (SSSR count). The van der Waals surface area contributed by atoms with Crippen molar-refractivity contribution in [2.24, 2.45) is 0 Å². The lowest BCUT2D eigenvalue weighted by Crippen LogP contribution is -2.27. The first kappa shape index (κ1) is 24.8. The van der Waals surface area contributed by atoms with E-state index in [2.05, 4.69) is 34.5 Å². The smallest absolute Gasteiger partial charge is 0.258 e. The number of aromatic nitrogens is 2. The Bertz CT molecular complexity index is 1140. The second-order valence-corrected chi connectivity index (χ2v) is 9.46. The summed E-state index contributed by atoms with van der Waals surface area (Å²) in [7, 11) is 0. The highest BCUT2D eigenvalue weighted by Gasteiger charge is 2.26. The van der Waals surface area contributed by atoms with Crippen LogP contribution in [0.1, 0.15) is 36.7 Å². The van der Waals surface area contributed by atoms with Crippen molar-refractivity contribution >= 4 is 36.5 Å². The summed E-state index contributed by atoms with van der Waals surface area (Å²) in [5.41, 5.74) is 4.62. The van der Waals surface area contributed by atoms with Gasteiger partial charge >= 0.3 is 0 Å². The number of hydrogen-bond acceptors (Lipinski definition) is 7. The van der Waals surface area contributed by atoms with Gasteiger partial charge in [-0.3, -0.25) is 14.8 Å². The zero-order valence-corrected chi connectivity index (χ0v) is 20.7. The molecule has 1 amide bonds. The second kappa shape index (κ2) is 11.3. The van der Waals surface area contributed by atoms with E-state index in [0.29, 0.717) is 40.5 Å². The van der Waals surface area contributed by atoms with E-state index in [0.717, 1.165) is 28.1 Å². The summed E-state index contributed by atoms with van der Waals surface area (Å²) in [6.07, 6.45) is 5.98. The Hall–Kier alpha value is -2.84. The van der Waals surface area contributed by atoms with Gasteiger partial charge in [0.2, 0.25) is 0 Å². The maximum absolute atomic E-state index is 13.3. The SMILES string of the molecule is C=C1C(S)=C(C=N)CC/C1=C(/SC(C)Oc1cccnc1C)C(=O)NCc1cc(C)ccn1. The van der Waals surface area contributed by atoms with Crippen LogP contribution in [-0.4, -0.2) is 27.5 Å². The van der Waals surface area contributed by atoms with Crippen molar-refractivity contribution in [3.05, 3.63) is 86.7 Å². The molecule has 0 fully saturated rings. The number of amides is 1. The molecule has 2 aromatic heterocycles.